The van der Waals surface area contributed by atoms with E-state index in [-0.39, 0.29) is 12.5 Å². The van der Waals surface area contributed by atoms with Crippen molar-refractivity contribution in [1.82, 2.24) is 5.32 Å². The summed E-state index contributed by atoms with van der Waals surface area (Å²) < 4.78 is 0. The van der Waals surface area contributed by atoms with Crippen LogP contribution in [0.4, 0.5) is 0 Å². The summed E-state index contributed by atoms with van der Waals surface area (Å²) in [6.45, 7) is 4.40. The van der Waals surface area contributed by atoms with Gasteiger partial charge in [-0.15, -0.1) is 0 Å². The number of carbonyl (C=O) groups excluding carboxylic acids is 1. The Bertz CT molecular complexity index is 759. The van der Waals surface area contributed by atoms with Gasteiger partial charge in [-0.3, -0.25) is 4.79 Å². The van der Waals surface area contributed by atoms with Crippen LogP contribution in [0.5, 0.6) is 0 Å². The first-order chi connectivity index (χ1) is 28.7. The van der Waals surface area contributed by atoms with Crippen molar-refractivity contribution in [1.29, 1.82) is 0 Å². The number of aliphatic hydroxyl groups excluding tert-OH is 2. The summed E-state index contributed by atoms with van der Waals surface area (Å²) in [6, 6.07) is -0.531. The molecule has 2 atom stereocenters. The quantitative estimate of drug-likeness (QED) is 0.0536. The summed E-state index contributed by atoms with van der Waals surface area (Å²) in [7, 11) is 0. The first kappa shape index (κ1) is 57.4. The first-order valence-corrected chi connectivity index (χ1v) is 27.2. The van der Waals surface area contributed by atoms with Gasteiger partial charge in [0.1, 0.15) is 0 Å². The van der Waals surface area contributed by atoms with E-state index >= 15 is 0 Å². The molecule has 0 bridgehead atoms. The van der Waals surface area contributed by atoms with Crippen LogP contribution in [-0.2, 0) is 4.79 Å². The zero-order valence-corrected chi connectivity index (χ0v) is 40.1. The molecule has 1 amide bonds. The number of unbranched alkanes of at least 4 members (excludes halogenated alkanes) is 44. The van der Waals surface area contributed by atoms with E-state index in [9.17, 15) is 15.0 Å². The molecule has 0 aromatic carbocycles. The third-order valence-corrected chi connectivity index (χ3v) is 13.1. The van der Waals surface area contributed by atoms with Gasteiger partial charge in [0.15, 0.2) is 0 Å². The highest BCUT2D eigenvalue weighted by atomic mass is 16.3. The molecule has 0 aliphatic heterocycles. The minimum Gasteiger partial charge on any atom is -0.394 e. The molecule has 0 aliphatic rings. The van der Waals surface area contributed by atoms with Gasteiger partial charge in [-0.05, 0) is 12.8 Å². The van der Waals surface area contributed by atoms with E-state index in [0.717, 1.165) is 25.7 Å². The molecule has 4 nitrogen and oxygen atoms in total. The molecule has 0 heterocycles. The van der Waals surface area contributed by atoms with E-state index in [0.29, 0.717) is 12.8 Å². The van der Waals surface area contributed by atoms with E-state index < -0.39 is 12.1 Å². The van der Waals surface area contributed by atoms with Gasteiger partial charge in [-0.2, -0.15) is 0 Å². The van der Waals surface area contributed by atoms with Crippen molar-refractivity contribution in [2.24, 2.45) is 0 Å². The number of carbonyl (C=O) groups is 1. The minimum atomic E-state index is -0.654. The maximum atomic E-state index is 12.5. The smallest absolute Gasteiger partial charge is 0.220 e. The van der Waals surface area contributed by atoms with E-state index in [2.05, 4.69) is 19.2 Å². The molecule has 3 N–H and O–H groups in total. The number of hydrogen-bond acceptors (Lipinski definition) is 3. The van der Waals surface area contributed by atoms with Crippen molar-refractivity contribution in [3.8, 4) is 0 Å². The van der Waals surface area contributed by atoms with E-state index in [1.165, 1.54) is 270 Å². The highest BCUT2D eigenvalue weighted by Gasteiger charge is 2.20. The fourth-order valence-corrected chi connectivity index (χ4v) is 8.95. The maximum Gasteiger partial charge on any atom is 0.220 e. The molecule has 348 valence electrons. The molecular weight excluding hydrogens is 711 g/mol. The molecule has 0 aromatic rings. The van der Waals surface area contributed by atoms with Crippen molar-refractivity contribution in [2.75, 3.05) is 6.61 Å². The van der Waals surface area contributed by atoms with E-state index in [4.69, 9.17) is 0 Å². The van der Waals surface area contributed by atoms with Crippen molar-refractivity contribution < 1.29 is 15.0 Å². The van der Waals surface area contributed by atoms with E-state index in [1.54, 1.807) is 0 Å². The number of aliphatic hydroxyl groups is 2. The van der Waals surface area contributed by atoms with Gasteiger partial charge in [0.05, 0.1) is 18.8 Å². The van der Waals surface area contributed by atoms with Gasteiger partial charge >= 0.3 is 0 Å². The second-order valence-electron chi connectivity index (χ2n) is 19.0. The van der Waals surface area contributed by atoms with Crippen LogP contribution in [0.25, 0.3) is 0 Å². The second-order valence-corrected chi connectivity index (χ2v) is 19.0. The SMILES string of the molecule is CCCCCCCCCCCCCCCCCCCCCCCCCCCCC(=O)NC(CO)C(O)CCCCCCCCCCCCCCCCCCCCCC. The molecule has 2 unspecified atom stereocenters. The lowest BCUT2D eigenvalue weighted by Gasteiger charge is -2.22. The fourth-order valence-electron chi connectivity index (χ4n) is 8.95. The summed E-state index contributed by atoms with van der Waals surface area (Å²) in [5.74, 6) is -0.0223. The Labute approximate surface area is 365 Å². The number of hydrogen-bond donors (Lipinski definition) is 3. The Balaban J connectivity index is 3.40. The molecule has 4 heteroatoms. The van der Waals surface area contributed by atoms with Gasteiger partial charge in [0, 0.05) is 6.42 Å². The predicted octanol–water partition coefficient (Wildman–Crippen LogP) is 17.6. The molecule has 0 aliphatic carbocycles. The highest BCUT2D eigenvalue weighted by molar-refractivity contribution is 5.76. The molecule has 0 spiro atoms. The van der Waals surface area contributed by atoms with Crippen LogP contribution in [-0.4, -0.2) is 34.9 Å². The molecular formula is C54H109NO3. The summed E-state index contributed by atoms with van der Waals surface area (Å²) in [5, 5.41) is 23.3. The maximum absolute atomic E-state index is 12.5. The number of amides is 1. The lowest BCUT2D eigenvalue weighted by atomic mass is 10.0. The average Bonchev–Trinajstić information content (AvgIpc) is 3.23. The largest absolute Gasteiger partial charge is 0.394 e. The van der Waals surface area contributed by atoms with Crippen LogP contribution < -0.4 is 5.32 Å². The average molecular weight is 820 g/mol. The van der Waals surface area contributed by atoms with Crippen LogP contribution in [0.1, 0.15) is 322 Å². The standard InChI is InChI=1S/C54H109NO3/c1-3-5-7-9-11-13-15-17-19-21-23-25-26-27-28-29-30-32-34-36-38-40-42-44-46-48-50-54(58)55-52(51-56)53(57)49-47-45-43-41-39-37-35-33-31-24-22-20-18-16-14-12-10-8-6-4-2/h52-53,56-57H,3-51H2,1-2H3,(H,55,58). The van der Waals surface area contributed by atoms with Crippen molar-refractivity contribution >= 4 is 5.91 Å². The second kappa shape index (κ2) is 50.7. The van der Waals surface area contributed by atoms with Crippen LogP contribution in [0, 0.1) is 0 Å². The van der Waals surface area contributed by atoms with Gasteiger partial charge in [-0.1, -0.05) is 303 Å². The van der Waals surface area contributed by atoms with E-state index in [1.807, 2.05) is 0 Å². The molecule has 0 radical (unpaired) electrons. The highest BCUT2D eigenvalue weighted by Crippen LogP contribution is 2.18. The Morgan fingerprint density at radius 2 is 0.552 bits per heavy atom. The lowest BCUT2D eigenvalue weighted by molar-refractivity contribution is -0.123. The van der Waals surface area contributed by atoms with Crippen molar-refractivity contribution in [2.45, 2.75) is 334 Å². The predicted molar refractivity (Wildman–Crippen MR) is 258 cm³/mol. The molecule has 0 saturated carbocycles. The minimum absolute atomic E-state index is 0.0223. The fraction of sp³-hybridized carbons (Fsp3) is 0.981. The molecule has 0 aromatic heterocycles. The summed E-state index contributed by atoms with van der Waals surface area (Å²) >= 11 is 0. The van der Waals surface area contributed by atoms with Gasteiger partial charge in [0.2, 0.25) is 5.91 Å². The lowest BCUT2D eigenvalue weighted by Crippen LogP contribution is -2.45. The Morgan fingerprint density at radius 1 is 0.345 bits per heavy atom. The summed E-state index contributed by atoms with van der Waals surface area (Å²) in [4.78, 5) is 12.5. The number of nitrogens with one attached hydrogen (secondary N) is 1. The summed E-state index contributed by atoms with van der Waals surface area (Å²) in [6.07, 6.45) is 63.7. The van der Waals surface area contributed by atoms with Crippen molar-refractivity contribution in [3.63, 3.8) is 0 Å². The molecule has 58 heavy (non-hydrogen) atoms. The van der Waals surface area contributed by atoms with Gasteiger partial charge < -0.3 is 15.5 Å². The molecule has 0 fully saturated rings. The Kier molecular flexibility index (Phi) is 50.2. The summed E-state index contributed by atoms with van der Waals surface area (Å²) in [5.41, 5.74) is 0. The normalized spacial score (nSPS) is 12.7. The topological polar surface area (TPSA) is 69.6 Å². The third kappa shape index (κ3) is 46.5. The van der Waals surface area contributed by atoms with Gasteiger partial charge in [0.25, 0.3) is 0 Å². The Morgan fingerprint density at radius 3 is 0.776 bits per heavy atom. The van der Waals surface area contributed by atoms with Crippen LogP contribution in [0.2, 0.25) is 0 Å². The van der Waals surface area contributed by atoms with Crippen LogP contribution in [0.15, 0.2) is 0 Å². The third-order valence-electron chi connectivity index (χ3n) is 13.1. The van der Waals surface area contributed by atoms with Crippen LogP contribution in [0.3, 0.4) is 0 Å². The Hall–Kier alpha value is -0.610. The zero-order chi connectivity index (χ0) is 42.1. The van der Waals surface area contributed by atoms with Crippen molar-refractivity contribution in [3.05, 3.63) is 0 Å². The zero-order valence-electron chi connectivity index (χ0n) is 40.1. The monoisotopic (exact) mass is 820 g/mol. The van der Waals surface area contributed by atoms with Gasteiger partial charge in [-0.25, -0.2) is 0 Å². The first-order valence-electron chi connectivity index (χ1n) is 27.2. The molecule has 0 saturated heterocycles. The van der Waals surface area contributed by atoms with Crippen LogP contribution >= 0.6 is 0 Å². The molecule has 0 rings (SSSR count). The number of rotatable bonds is 51.